The van der Waals surface area contributed by atoms with Crippen LogP contribution in [0.1, 0.15) is 31.0 Å². The quantitative estimate of drug-likeness (QED) is 0.154. The Bertz CT molecular complexity index is 1490. The summed E-state index contributed by atoms with van der Waals surface area (Å²) in [5.41, 5.74) is 6.40. The summed E-state index contributed by atoms with van der Waals surface area (Å²) in [6.07, 6.45) is 3.03. The summed E-state index contributed by atoms with van der Waals surface area (Å²) in [5, 5.41) is 8.31. The third kappa shape index (κ3) is 9.51. The van der Waals surface area contributed by atoms with Crippen LogP contribution in [-0.2, 0) is 25.7 Å². The highest BCUT2D eigenvalue weighted by Gasteiger charge is 2.29. The Balaban J connectivity index is 1.43. The monoisotopic (exact) mass is 598 g/mol. The van der Waals surface area contributed by atoms with Gasteiger partial charge in [-0.3, -0.25) is 14.4 Å². The Hall–Kier alpha value is -5.00. The second-order valence-corrected chi connectivity index (χ2v) is 10.7. The molecule has 0 saturated carbocycles. The first-order valence-electron chi connectivity index (χ1n) is 14.3. The summed E-state index contributed by atoms with van der Waals surface area (Å²) in [5.74, 6) is -0.409. The summed E-state index contributed by atoms with van der Waals surface area (Å²) >= 11 is 0. The maximum absolute atomic E-state index is 13.4. The predicted octanol–water partition coefficient (Wildman–Crippen LogP) is 3.05. The molecule has 0 aliphatic carbocycles. The van der Waals surface area contributed by atoms with Crippen LogP contribution < -0.4 is 26.4 Å². The van der Waals surface area contributed by atoms with Gasteiger partial charge in [-0.2, -0.15) is 0 Å². The summed E-state index contributed by atoms with van der Waals surface area (Å²) in [6.45, 7) is 3.84. The Morgan fingerprint density at radius 3 is 2.20 bits per heavy atom. The van der Waals surface area contributed by atoms with Gasteiger partial charge in [0.25, 0.3) is 5.91 Å². The molecular weight excluding hydrogens is 560 g/mol. The van der Waals surface area contributed by atoms with Crippen LogP contribution in [0.4, 0.5) is 5.82 Å². The Morgan fingerprint density at radius 1 is 0.909 bits per heavy atom. The van der Waals surface area contributed by atoms with E-state index in [4.69, 9.17) is 15.2 Å². The van der Waals surface area contributed by atoms with E-state index in [2.05, 4.69) is 20.9 Å². The van der Waals surface area contributed by atoms with Crippen LogP contribution >= 0.6 is 0 Å². The number of nitrogens with zero attached hydrogens (tertiary/aromatic N) is 2. The van der Waals surface area contributed by atoms with Gasteiger partial charge in [0.1, 0.15) is 24.4 Å². The van der Waals surface area contributed by atoms with Gasteiger partial charge in [-0.15, -0.1) is 0 Å². The van der Waals surface area contributed by atoms with Crippen LogP contribution in [0.2, 0.25) is 0 Å². The first-order chi connectivity index (χ1) is 21.2. The summed E-state index contributed by atoms with van der Waals surface area (Å²) in [7, 11) is 0. The third-order valence-corrected chi connectivity index (χ3v) is 6.53. The number of para-hydroxylation sites is 1. The molecule has 0 fully saturated rings. The molecule has 4 rings (SSSR count). The van der Waals surface area contributed by atoms with Crippen LogP contribution in [0.15, 0.2) is 104 Å². The molecule has 5 N–H and O–H groups in total. The van der Waals surface area contributed by atoms with Crippen molar-refractivity contribution in [3.8, 4) is 5.75 Å². The second-order valence-electron chi connectivity index (χ2n) is 10.7. The van der Waals surface area contributed by atoms with Gasteiger partial charge in [0.15, 0.2) is 5.82 Å². The number of benzene rings is 3. The summed E-state index contributed by atoms with van der Waals surface area (Å²) < 4.78 is 13.1. The van der Waals surface area contributed by atoms with Crippen LogP contribution in [0.3, 0.4) is 0 Å². The number of aromatic nitrogens is 2. The van der Waals surface area contributed by atoms with Crippen molar-refractivity contribution in [3.05, 3.63) is 115 Å². The van der Waals surface area contributed by atoms with E-state index in [-0.39, 0.29) is 31.5 Å². The molecule has 0 saturated heterocycles. The van der Waals surface area contributed by atoms with Crippen molar-refractivity contribution in [3.63, 3.8) is 0 Å². The molecular formula is C33H38N6O5. The van der Waals surface area contributed by atoms with Crippen LogP contribution in [-0.4, -0.2) is 58.6 Å². The number of rotatable bonds is 15. The molecule has 0 bridgehead atoms. The fourth-order valence-corrected chi connectivity index (χ4v) is 4.20. The van der Waals surface area contributed by atoms with Crippen LogP contribution in [0.25, 0.3) is 0 Å². The van der Waals surface area contributed by atoms with Crippen molar-refractivity contribution in [2.45, 2.75) is 38.1 Å². The average Bonchev–Trinajstić information content (AvgIpc) is 3.47. The molecule has 0 aliphatic rings. The number of nitrogens with one attached hydrogen (secondary N) is 3. The molecule has 1 heterocycles. The van der Waals surface area contributed by atoms with Crippen molar-refractivity contribution in [2.24, 2.45) is 5.73 Å². The van der Waals surface area contributed by atoms with E-state index in [1.807, 2.05) is 91.0 Å². The number of imidazole rings is 1. The summed E-state index contributed by atoms with van der Waals surface area (Å²) in [4.78, 5) is 43.6. The lowest BCUT2D eigenvalue weighted by atomic mass is 10.1. The van der Waals surface area contributed by atoms with E-state index in [0.29, 0.717) is 12.4 Å². The molecule has 1 aromatic heterocycles. The maximum atomic E-state index is 13.4. The van der Waals surface area contributed by atoms with Crippen molar-refractivity contribution in [2.75, 3.05) is 25.1 Å². The topological polar surface area (TPSA) is 150 Å². The van der Waals surface area contributed by atoms with E-state index < -0.39 is 29.4 Å². The minimum Gasteiger partial charge on any atom is -0.492 e. The minimum absolute atomic E-state index is 0.0939. The Morgan fingerprint density at radius 2 is 1.55 bits per heavy atom. The van der Waals surface area contributed by atoms with E-state index in [9.17, 15) is 14.4 Å². The number of nitrogens with two attached hydrogens (primary N) is 1. The van der Waals surface area contributed by atoms with Gasteiger partial charge in [-0.25, -0.2) is 4.98 Å². The second kappa shape index (κ2) is 15.5. The highest BCUT2D eigenvalue weighted by atomic mass is 16.5. The molecule has 2 unspecified atom stereocenters. The van der Waals surface area contributed by atoms with Crippen molar-refractivity contribution in [1.29, 1.82) is 0 Å². The predicted molar refractivity (Wildman–Crippen MR) is 167 cm³/mol. The van der Waals surface area contributed by atoms with Gasteiger partial charge < -0.3 is 35.7 Å². The highest BCUT2D eigenvalue weighted by molar-refractivity contribution is 5.98. The normalized spacial score (nSPS) is 12.5. The van der Waals surface area contributed by atoms with Crippen LogP contribution in [0, 0.1) is 0 Å². The standard InChI is InChI=1S/C33H38N6O5/c1-33(2,34)32(42)37-27(22-43-21-24-12-6-3-7-13-24)30(40)38-28-20-39(23-36-28)29(25-14-8-4-9-15-25)31(41)35-18-19-44-26-16-10-5-11-17-26/h3-17,20,23,27,29H,18-19,21-22,34H2,1-2H3,(H,35,41)(H,37,42)(H,38,40). The fourth-order valence-electron chi connectivity index (χ4n) is 4.20. The van der Waals surface area contributed by atoms with Gasteiger partial charge in [0, 0.05) is 6.20 Å². The lowest BCUT2D eigenvalue weighted by molar-refractivity contribution is -0.130. The number of anilines is 1. The third-order valence-electron chi connectivity index (χ3n) is 6.53. The zero-order chi connectivity index (χ0) is 31.4. The average molecular weight is 599 g/mol. The molecule has 0 radical (unpaired) electrons. The molecule has 0 spiro atoms. The van der Waals surface area contributed by atoms with Gasteiger partial charge in [0.2, 0.25) is 11.8 Å². The first kappa shape index (κ1) is 31.9. The lowest BCUT2D eigenvalue weighted by Crippen LogP contribution is -2.56. The van der Waals surface area contributed by atoms with E-state index in [1.165, 1.54) is 6.33 Å². The molecule has 11 heteroatoms. The van der Waals surface area contributed by atoms with Gasteiger partial charge >= 0.3 is 0 Å². The van der Waals surface area contributed by atoms with Gasteiger partial charge in [-0.05, 0) is 37.1 Å². The zero-order valence-corrected chi connectivity index (χ0v) is 24.8. The lowest BCUT2D eigenvalue weighted by Gasteiger charge is -2.23. The molecule has 0 aliphatic heterocycles. The van der Waals surface area contributed by atoms with E-state index in [0.717, 1.165) is 11.1 Å². The maximum Gasteiger partial charge on any atom is 0.250 e. The molecule has 2 atom stereocenters. The minimum atomic E-state index is -1.21. The number of carbonyl (C=O) groups is 3. The van der Waals surface area contributed by atoms with Crippen LogP contribution in [0.5, 0.6) is 5.75 Å². The fraction of sp³-hybridized carbons (Fsp3) is 0.273. The molecule has 230 valence electrons. The Labute approximate surface area is 256 Å². The number of amides is 3. The van der Waals surface area contributed by atoms with Crippen molar-refractivity contribution in [1.82, 2.24) is 20.2 Å². The van der Waals surface area contributed by atoms with E-state index >= 15 is 0 Å². The number of hydrogen-bond acceptors (Lipinski definition) is 7. The highest BCUT2D eigenvalue weighted by Crippen LogP contribution is 2.20. The van der Waals surface area contributed by atoms with Crippen molar-refractivity contribution < 1.29 is 23.9 Å². The smallest absolute Gasteiger partial charge is 0.250 e. The SMILES string of the molecule is CC(C)(N)C(=O)NC(COCc1ccccc1)C(=O)Nc1cn(C(C(=O)NCCOc2ccccc2)c2ccccc2)cn1. The van der Waals surface area contributed by atoms with Gasteiger partial charge in [0.05, 0.1) is 31.6 Å². The molecule has 3 aromatic carbocycles. The molecule has 3 amide bonds. The molecule has 44 heavy (non-hydrogen) atoms. The molecule has 11 nitrogen and oxygen atoms in total. The van der Waals surface area contributed by atoms with Crippen molar-refractivity contribution >= 4 is 23.5 Å². The summed E-state index contributed by atoms with van der Waals surface area (Å²) in [6, 6.07) is 26.3. The number of carbonyl (C=O) groups excluding carboxylic acids is 3. The number of ether oxygens (including phenoxy) is 2. The Kier molecular flexibility index (Phi) is 11.2. The van der Waals surface area contributed by atoms with E-state index in [1.54, 1.807) is 24.6 Å². The number of hydrogen-bond donors (Lipinski definition) is 4. The van der Waals surface area contributed by atoms with Gasteiger partial charge in [-0.1, -0.05) is 78.9 Å². The largest absolute Gasteiger partial charge is 0.492 e. The molecule has 4 aromatic rings. The first-order valence-corrected chi connectivity index (χ1v) is 14.3. The zero-order valence-electron chi connectivity index (χ0n) is 24.8.